The summed E-state index contributed by atoms with van der Waals surface area (Å²) in [4.78, 5) is 15.2. The van der Waals surface area contributed by atoms with E-state index < -0.39 is 60.7 Å². The Morgan fingerprint density at radius 3 is 2.71 bits per heavy atom. The first-order valence-corrected chi connectivity index (χ1v) is 7.24. The predicted octanol–water partition coefficient (Wildman–Crippen LogP) is 1.85. The molecule has 130 valence electrons. The number of ether oxygens (including phenoxy) is 1. The van der Waals surface area contributed by atoms with E-state index >= 15 is 0 Å². The van der Waals surface area contributed by atoms with Gasteiger partial charge < -0.3 is 16.2 Å². The molecule has 24 heavy (non-hydrogen) atoms. The molecule has 5 nitrogen and oxygen atoms in total. The summed E-state index contributed by atoms with van der Waals surface area (Å²) in [6.45, 7) is -1.27. The molecule has 9 heteroatoms. The summed E-state index contributed by atoms with van der Waals surface area (Å²) in [5, 5.41) is 0. The van der Waals surface area contributed by atoms with E-state index in [1.54, 1.807) is 0 Å². The number of aliphatic imine (C=N–C) groups is 1. The van der Waals surface area contributed by atoms with Gasteiger partial charge in [-0.15, -0.1) is 0 Å². The van der Waals surface area contributed by atoms with E-state index in [4.69, 9.17) is 16.2 Å². The number of carbonyl (C=O) groups is 1. The van der Waals surface area contributed by atoms with E-state index in [-0.39, 0.29) is 11.1 Å². The molecule has 3 rings (SSSR count). The van der Waals surface area contributed by atoms with Gasteiger partial charge in [0.25, 0.3) is 11.9 Å². The molecular weight excluding hydrogens is 330 g/mol. The number of primary amides is 1. The Morgan fingerprint density at radius 2 is 2.08 bits per heavy atom. The van der Waals surface area contributed by atoms with E-state index in [9.17, 15) is 22.4 Å². The van der Waals surface area contributed by atoms with Crippen molar-refractivity contribution in [1.29, 1.82) is 0 Å². The van der Waals surface area contributed by atoms with Gasteiger partial charge in [0.1, 0.15) is 24.1 Å². The third-order valence-corrected chi connectivity index (χ3v) is 4.58. The highest BCUT2D eigenvalue weighted by molar-refractivity contribution is 5.93. The van der Waals surface area contributed by atoms with Gasteiger partial charge in [-0.1, -0.05) is 0 Å². The number of rotatable bonds is 3. The quantitative estimate of drug-likeness (QED) is 0.819. The van der Waals surface area contributed by atoms with E-state index in [1.807, 2.05) is 0 Å². The summed E-state index contributed by atoms with van der Waals surface area (Å²) in [6, 6.07) is 2.60. The van der Waals surface area contributed by atoms with Gasteiger partial charge in [-0.3, -0.25) is 4.79 Å². The maximum Gasteiger partial charge on any atom is 0.283 e. The second-order valence-electron chi connectivity index (χ2n) is 6.09. The number of nitrogens with zero attached hydrogens (tertiary/aromatic N) is 1. The molecule has 2 aliphatic rings. The van der Waals surface area contributed by atoms with Crippen LogP contribution in [0.15, 0.2) is 23.2 Å². The number of hydrogen-bond acceptors (Lipinski definition) is 4. The van der Waals surface area contributed by atoms with E-state index in [0.717, 1.165) is 18.2 Å². The van der Waals surface area contributed by atoms with Gasteiger partial charge >= 0.3 is 0 Å². The average Bonchev–Trinajstić information content (AvgIpc) is 2.80. The van der Waals surface area contributed by atoms with Crippen molar-refractivity contribution in [2.75, 3.05) is 6.67 Å². The van der Waals surface area contributed by atoms with E-state index in [2.05, 4.69) is 4.99 Å². The molecule has 1 fully saturated rings. The van der Waals surface area contributed by atoms with Gasteiger partial charge in [0.15, 0.2) is 0 Å². The summed E-state index contributed by atoms with van der Waals surface area (Å²) in [7, 11) is 0. The Morgan fingerprint density at radius 1 is 1.38 bits per heavy atom. The lowest BCUT2D eigenvalue weighted by molar-refractivity contribution is -0.00300. The molecule has 1 aromatic rings. The highest BCUT2D eigenvalue weighted by atomic mass is 19.3. The lowest BCUT2D eigenvalue weighted by Crippen LogP contribution is -2.48. The maximum atomic E-state index is 14.4. The van der Waals surface area contributed by atoms with Gasteiger partial charge in [-0.25, -0.2) is 22.6 Å². The molecule has 3 atom stereocenters. The van der Waals surface area contributed by atoms with Crippen molar-refractivity contribution < 1.29 is 27.1 Å². The van der Waals surface area contributed by atoms with Crippen LogP contribution in [0.1, 0.15) is 28.8 Å². The summed E-state index contributed by atoms with van der Waals surface area (Å²) in [6.07, 6.45) is -2.48. The maximum absolute atomic E-state index is 14.4. The zero-order valence-electron chi connectivity index (χ0n) is 12.4. The first kappa shape index (κ1) is 16.5. The van der Waals surface area contributed by atoms with Gasteiger partial charge in [-0.05, 0) is 18.2 Å². The molecule has 1 saturated carbocycles. The van der Waals surface area contributed by atoms with Crippen LogP contribution in [0.4, 0.5) is 17.6 Å². The fourth-order valence-electron chi connectivity index (χ4n) is 3.51. The average molecular weight is 345 g/mol. The van der Waals surface area contributed by atoms with Crippen LogP contribution < -0.4 is 11.5 Å². The number of carbonyl (C=O) groups excluding carboxylic acids is 1. The highest BCUT2D eigenvalue weighted by Gasteiger charge is 2.60. The normalized spacial score (nSPS) is 31.1. The zero-order valence-corrected chi connectivity index (χ0v) is 12.4. The second-order valence-corrected chi connectivity index (χ2v) is 6.09. The van der Waals surface area contributed by atoms with Crippen LogP contribution in [0.2, 0.25) is 0 Å². The van der Waals surface area contributed by atoms with E-state index in [1.165, 1.54) is 0 Å². The number of benzene rings is 1. The SMILES string of the molecule is NC(=O)c1ccc(F)c(C2(CF)N=C(N)O[C@H]3CC(F)(F)CC32)c1. The summed E-state index contributed by atoms with van der Waals surface area (Å²) < 4.78 is 61.2. The molecule has 0 saturated heterocycles. The van der Waals surface area contributed by atoms with Gasteiger partial charge in [-0.2, -0.15) is 0 Å². The number of nitrogens with two attached hydrogens (primary N) is 2. The Kier molecular flexibility index (Phi) is 3.69. The number of alkyl halides is 3. The van der Waals surface area contributed by atoms with Gasteiger partial charge in [0.05, 0.1) is 0 Å². The van der Waals surface area contributed by atoms with Crippen LogP contribution in [0, 0.1) is 11.7 Å². The van der Waals surface area contributed by atoms with Crippen molar-refractivity contribution in [3.63, 3.8) is 0 Å². The first-order chi connectivity index (χ1) is 11.2. The molecule has 1 heterocycles. The van der Waals surface area contributed by atoms with Crippen LogP contribution in [0.5, 0.6) is 0 Å². The summed E-state index contributed by atoms with van der Waals surface area (Å²) in [5.41, 5.74) is 8.28. The molecule has 4 N–H and O–H groups in total. The molecular formula is C15H15F4N3O2. The second kappa shape index (κ2) is 5.35. The number of amides is 1. The minimum Gasteiger partial charge on any atom is -0.461 e. The third kappa shape index (κ3) is 2.47. The molecule has 2 unspecified atom stereocenters. The topological polar surface area (TPSA) is 90.7 Å². The molecule has 0 spiro atoms. The minimum absolute atomic E-state index is 0.0826. The van der Waals surface area contributed by atoms with E-state index in [0.29, 0.717) is 0 Å². The van der Waals surface area contributed by atoms with Crippen molar-refractivity contribution in [2.45, 2.75) is 30.4 Å². The molecule has 0 aromatic heterocycles. The standard InChI is InChI=1S/C15H15F4N3O2/c16-6-15(8-3-7(12(20)23)1-2-10(8)17)9-4-14(18,19)5-11(9)24-13(21)22-15/h1-3,9,11H,4-6H2,(H2,20,23)(H2,21,22)/t9?,11-,15?/m0/s1. The Labute approximate surface area is 134 Å². The van der Waals surface area contributed by atoms with Crippen LogP contribution in [0.3, 0.4) is 0 Å². The third-order valence-electron chi connectivity index (χ3n) is 4.58. The minimum atomic E-state index is -3.10. The molecule has 1 aliphatic carbocycles. The van der Waals surface area contributed by atoms with Crippen LogP contribution in [0.25, 0.3) is 0 Å². The van der Waals surface area contributed by atoms with Crippen LogP contribution >= 0.6 is 0 Å². The van der Waals surface area contributed by atoms with Crippen LogP contribution in [-0.2, 0) is 10.3 Å². The molecule has 1 amide bonds. The Bertz CT molecular complexity index is 725. The van der Waals surface area contributed by atoms with Crippen molar-refractivity contribution in [2.24, 2.45) is 22.4 Å². The molecule has 0 bridgehead atoms. The smallest absolute Gasteiger partial charge is 0.283 e. The number of fused-ring (bicyclic) bond motifs is 1. The van der Waals surface area contributed by atoms with Crippen molar-refractivity contribution in [1.82, 2.24) is 0 Å². The molecule has 0 radical (unpaired) electrons. The summed E-state index contributed by atoms with van der Waals surface area (Å²) in [5.74, 6) is -5.97. The van der Waals surface area contributed by atoms with Crippen LogP contribution in [-0.4, -0.2) is 30.6 Å². The molecule has 1 aliphatic heterocycles. The summed E-state index contributed by atoms with van der Waals surface area (Å²) >= 11 is 0. The fourth-order valence-corrected chi connectivity index (χ4v) is 3.51. The first-order valence-electron chi connectivity index (χ1n) is 7.24. The highest BCUT2D eigenvalue weighted by Crippen LogP contribution is 2.52. The van der Waals surface area contributed by atoms with Crippen molar-refractivity contribution in [3.05, 3.63) is 35.1 Å². The van der Waals surface area contributed by atoms with Crippen molar-refractivity contribution in [3.8, 4) is 0 Å². The lowest BCUT2D eigenvalue weighted by Gasteiger charge is -2.40. The number of halogens is 4. The Hall–Kier alpha value is -2.32. The number of hydrogen-bond donors (Lipinski definition) is 2. The van der Waals surface area contributed by atoms with Gasteiger partial charge in [0, 0.05) is 29.9 Å². The lowest BCUT2D eigenvalue weighted by atomic mass is 9.76. The number of amidine groups is 1. The Balaban J connectivity index is 2.19. The molecule has 1 aromatic carbocycles. The fraction of sp³-hybridized carbons (Fsp3) is 0.467. The predicted molar refractivity (Wildman–Crippen MR) is 76.7 cm³/mol. The van der Waals surface area contributed by atoms with Gasteiger partial charge in [0.2, 0.25) is 5.91 Å². The van der Waals surface area contributed by atoms with Crippen molar-refractivity contribution >= 4 is 11.9 Å². The largest absolute Gasteiger partial charge is 0.461 e. The zero-order chi connectivity index (χ0) is 17.7. The monoisotopic (exact) mass is 345 g/mol.